The summed E-state index contributed by atoms with van der Waals surface area (Å²) in [5, 5.41) is 0.545. The molecule has 146 valence electrons. The average molecular weight is 421 g/mol. The minimum absolute atomic E-state index is 0.0823. The van der Waals surface area contributed by atoms with Crippen LogP contribution in [0.1, 0.15) is 37.7 Å². The molecule has 5 rings (SSSR count). The molecule has 0 saturated heterocycles. The third-order valence-corrected chi connectivity index (χ3v) is 8.58. The Morgan fingerprint density at radius 3 is 2.43 bits per heavy atom. The van der Waals surface area contributed by atoms with E-state index in [1.54, 1.807) is 24.3 Å². The normalized spacial score (nSPS) is 26.9. The van der Waals surface area contributed by atoms with Crippen molar-refractivity contribution < 1.29 is 17.7 Å². The van der Waals surface area contributed by atoms with Crippen molar-refractivity contribution in [3.8, 4) is 5.75 Å². The van der Waals surface area contributed by atoms with Gasteiger partial charge in [-0.1, -0.05) is 22.7 Å². The second kappa shape index (κ2) is 6.67. The minimum Gasteiger partial charge on any atom is -0.490 e. The zero-order valence-corrected chi connectivity index (χ0v) is 16.7. The van der Waals surface area contributed by atoms with E-state index in [9.17, 15) is 8.60 Å². The predicted molar refractivity (Wildman–Crippen MR) is 105 cm³/mol. The van der Waals surface area contributed by atoms with Crippen molar-refractivity contribution in [1.29, 1.82) is 0 Å². The van der Waals surface area contributed by atoms with Gasteiger partial charge >= 0.3 is 0 Å². The Balaban J connectivity index is 1.70. The lowest BCUT2D eigenvalue weighted by molar-refractivity contribution is 0.144. The highest BCUT2D eigenvalue weighted by molar-refractivity contribution is 7.86. The molecule has 0 spiro atoms. The molecule has 0 bridgehead atoms. The summed E-state index contributed by atoms with van der Waals surface area (Å²) in [6.45, 7) is 0.240. The molecule has 2 aromatic rings. The zero-order chi connectivity index (χ0) is 19.5. The van der Waals surface area contributed by atoms with Gasteiger partial charge in [0.15, 0.2) is 11.6 Å². The quantitative estimate of drug-likeness (QED) is 0.565. The van der Waals surface area contributed by atoms with Gasteiger partial charge in [0.2, 0.25) is 0 Å². The number of allylic oxidation sites excluding steroid dienone is 2. The van der Waals surface area contributed by atoms with E-state index in [2.05, 4.69) is 0 Å². The van der Waals surface area contributed by atoms with Gasteiger partial charge in [0.05, 0.1) is 27.7 Å². The Kier molecular flexibility index (Phi) is 4.36. The lowest BCUT2D eigenvalue weighted by Gasteiger charge is -2.47. The van der Waals surface area contributed by atoms with Crippen LogP contribution in [0.4, 0.5) is 8.78 Å². The summed E-state index contributed by atoms with van der Waals surface area (Å²) in [5.74, 6) is -1.40. The number of ether oxygens (including phenoxy) is 1. The van der Waals surface area contributed by atoms with E-state index in [-0.39, 0.29) is 23.8 Å². The minimum atomic E-state index is -1.57. The Hall–Kier alpha value is -1.72. The summed E-state index contributed by atoms with van der Waals surface area (Å²) < 4.78 is 48.1. The second-order valence-corrected chi connectivity index (χ2v) is 9.94. The van der Waals surface area contributed by atoms with E-state index in [0.29, 0.717) is 16.3 Å². The van der Waals surface area contributed by atoms with Crippen LogP contribution in [0.15, 0.2) is 52.4 Å². The molecule has 2 fully saturated rings. The monoisotopic (exact) mass is 420 g/mol. The highest BCUT2D eigenvalue weighted by Crippen LogP contribution is 2.57. The summed E-state index contributed by atoms with van der Waals surface area (Å²) in [7, 11) is -1.57. The van der Waals surface area contributed by atoms with Crippen molar-refractivity contribution in [2.45, 2.75) is 41.7 Å². The van der Waals surface area contributed by atoms with Crippen molar-refractivity contribution in [2.75, 3.05) is 6.61 Å². The largest absolute Gasteiger partial charge is 0.490 e. The molecule has 2 saturated carbocycles. The zero-order valence-electron chi connectivity index (χ0n) is 15.1. The van der Waals surface area contributed by atoms with E-state index in [1.807, 2.05) is 0 Å². The number of rotatable bonds is 2. The maximum Gasteiger partial charge on any atom is 0.165 e. The van der Waals surface area contributed by atoms with Gasteiger partial charge in [0, 0.05) is 15.8 Å². The predicted octanol–water partition coefficient (Wildman–Crippen LogP) is 5.90. The summed E-state index contributed by atoms with van der Waals surface area (Å²) in [6.07, 6.45) is 4.25. The molecule has 0 N–H and O–H groups in total. The molecular weight excluding hydrogens is 402 g/mol. The van der Waals surface area contributed by atoms with Gasteiger partial charge in [-0.3, -0.25) is 4.21 Å². The summed E-state index contributed by atoms with van der Waals surface area (Å²) in [6, 6.07) is 8.99. The summed E-state index contributed by atoms with van der Waals surface area (Å²) in [5.41, 5.74) is 2.99. The van der Waals surface area contributed by atoms with Crippen molar-refractivity contribution in [1.82, 2.24) is 0 Å². The van der Waals surface area contributed by atoms with Gasteiger partial charge in [-0.2, -0.15) is 0 Å². The molecule has 2 unspecified atom stereocenters. The molecule has 1 heterocycles. The number of benzene rings is 2. The molecule has 1 aliphatic heterocycles. The molecule has 0 radical (unpaired) electrons. The van der Waals surface area contributed by atoms with Crippen LogP contribution < -0.4 is 4.74 Å². The maximum absolute atomic E-state index is 15.1. The first-order valence-electron chi connectivity index (χ1n) is 9.49. The van der Waals surface area contributed by atoms with Gasteiger partial charge < -0.3 is 4.74 Å². The number of halogens is 3. The molecule has 0 aromatic heterocycles. The Labute approximate surface area is 170 Å². The lowest BCUT2D eigenvalue weighted by atomic mass is 9.71. The van der Waals surface area contributed by atoms with Gasteiger partial charge in [0.1, 0.15) is 5.82 Å². The van der Waals surface area contributed by atoms with E-state index in [1.165, 1.54) is 11.1 Å². The van der Waals surface area contributed by atoms with E-state index in [0.717, 1.165) is 37.8 Å². The van der Waals surface area contributed by atoms with Gasteiger partial charge in [-0.15, -0.1) is 0 Å². The molecule has 2 aromatic carbocycles. The van der Waals surface area contributed by atoms with Crippen LogP contribution in [0.5, 0.6) is 5.75 Å². The van der Waals surface area contributed by atoms with Crippen LogP contribution >= 0.6 is 11.6 Å². The van der Waals surface area contributed by atoms with Crippen LogP contribution in [0.25, 0.3) is 0 Å². The van der Waals surface area contributed by atoms with Crippen LogP contribution in [0.3, 0.4) is 0 Å². The van der Waals surface area contributed by atoms with Crippen LogP contribution in [0.2, 0.25) is 5.02 Å². The number of hydrogen-bond acceptors (Lipinski definition) is 2. The highest BCUT2D eigenvalue weighted by Gasteiger charge is 2.55. The highest BCUT2D eigenvalue weighted by atomic mass is 35.5. The smallest absolute Gasteiger partial charge is 0.165 e. The Morgan fingerprint density at radius 1 is 1.00 bits per heavy atom. The van der Waals surface area contributed by atoms with Crippen molar-refractivity contribution in [2.24, 2.45) is 5.92 Å². The molecule has 3 atom stereocenters. The van der Waals surface area contributed by atoms with Crippen LogP contribution in [-0.4, -0.2) is 10.8 Å². The van der Waals surface area contributed by atoms with Crippen molar-refractivity contribution in [3.05, 3.63) is 69.8 Å². The molecule has 0 amide bonds. The standard InChI is InChI=1S/C22H19ClF2O2S/c23-16-3-5-17(6-4-16)28(26)22-10-9-14(13-1-2-13)11-15(22)12-27-21-19(25)8-7-18(24)20(21)22/h3-8,15H,1-2,9-12H2/t15?,22-,28?/m0/s1. The summed E-state index contributed by atoms with van der Waals surface area (Å²) in [4.78, 5) is 0.577. The molecule has 2 aliphatic carbocycles. The molecular formula is C22H19ClF2O2S. The van der Waals surface area contributed by atoms with E-state index in [4.69, 9.17) is 16.3 Å². The Morgan fingerprint density at radius 2 is 1.71 bits per heavy atom. The van der Waals surface area contributed by atoms with Gasteiger partial charge in [-0.25, -0.2) is 8.78 Å². The first-order valence-corrected chi connectivity index (χ1v) is 11.0. The maximum atomic E-state index is 15.1. The average Bonchev–Trinajstić information content (AvgIpc) is 3.55. The first kappa shape index (κ1) is 18.3. The fourth-order valence-corrected chi connectivity index (χ4v) is 6.77. The van der Waals surface area contributed by atoms with Crippen molar-refractivity contribution in [3.63, 3.8) is 0 Å². The van der Waals surface area contributed by atoms with E-state index >= 15 is 4.39 Å². The second-order valence-electron chi connectivity index (χ2n) is 7.76. The third-order valence-electron chi connectivity index (χ3n) is 6.22. The molecule has 6 heteroatoms. The topological polar surface area (TPSA) is 26.3 Å². The van der Waals surface area contributed by atoms with Crippen LogP contribution in [-0.2, 0) is 15.5 Å². The molecule has 28 heavy (non-hydrogen) atoms. The molecule has 2 nitrogen and oxygen atoms in total. The fraction of sp³-hybridized carbons (Fsp3) is 0.364. The fourth-order valence-electron chi connectivity index (χ4n) is 4.72. The number of fused-ring (bicyclic) bond motifs is 3. The first-order chi connectivity index (χ1) is 13.5. The lowest BCUT2D eigenvalue weighted by Crippen LogP contribution is -2.49. The molecule has 3 aliphatic rings. The van der Waals surface area contributed by atoms with Gasteiger partial charge in [-0.05, 0) is 68.5 Å². The van der Waals surface area contributed by atoms with Crippen LogP contribution in [0, 0.1) is 17.6 Å². The van der Waals surface area contributed by atoms with Crippen molar-refractivity contribution >= 4 is 22.4 Å². The van der Waals surface area contributed by atoms with E-state index < -0.39 is 27.2 Å². The van der Waals surface area contributed by atoms with Gasteiger partial charge in [0.25, 0.3) is 0 Å². The third kappa shape index (κ3) is 2.74. The SMILES string of the molecule is O=S(c1ccc(Cl)cc1)[C@@]12CCC(=C3CC3)CC1COc1c(F)ccc(F)c12. The number of hydrogen-bond donors (Lipinski definition) is 0. The Bertz CT molecular complexity index is 1010. The summed E-state index contributed by atoms with van der Waals surface area (Å²) >= 11 is 5.99.